The van der Waals surface area contributed by atoms with Gasteiger partial charge in [0, 0.05) is 47.9 Å². The van der Waals surface area contributed by atoms with Crippen LogP contribution in [-0.4, -0.2) is 30.6 Å². The van der Waals surface area contributed by atoms with Gasteiger partial charge in [0.05, 0.1) is 0 Å². The summed E-state index contributed by atoms with van der Waals surface area (Å²) in [4.78, 5) is 2.48. The SMILES string of the molecule is CC(C)NCc1cc(Cl)ccc1N1CCSCC1. The molecule has 4 heteroatoms. The third-order valence-electron chi connectivity index (χ3n) is 3.09. The van der Waals surface area contributed by atoms with Gasteiger partial charge in [-0.2, -0.15) is 11.8 Å². The van der Waals surface area contributed by atoms with Gasteiger partial charge in [-0.25, -0.2) is 0 Å². The van der Waals surface area contributed by atoms with Crippen LogP contribution in [0.2, 0.25) is 5.02 Å². The molecule has 18 heavy (non-hydrogen) atoms. The molecule has 1 aliphatic rings. The van der Waals surface area contributed by atoms with Crippen molar-refractivity contribution in [2.45, 2.75) is 26.4 Å². The molecule has 2 nitrogen and oxygen atoms in total. The lowest BCUT2D eigenvalue weighted by Gasteiger charge is -2.30. The Bertz CT molecular complexity index is 389. The monoisotopic (exact) mass is 284 g/mol. The van der Waals surface area contributed by atoms with Crippen molar-refractivity contribution >= 4 is 29.1 Å². The van der Waals surface area contributed by atoms with Crippen molar-refractivity contribution in [3.63, 3.8) is 0 Å². The lowest BCUT2D eigenvalue weighted by Crippen LogP contribution is -2.34. The van der Waals surface area contributed by atoms with E-state index < -0.39 is 0 Å². The number of hydrogen-bond donors (Lipinski definition) is 1. The Morgan fingerprint density at radius 1 is 1.33 bits per heavy atom. The fraction of sp³-hybridized carbons (Fsp3) is 0.571. The molecule has 1 saturated heterocycles. The topological polar surface area (TPSA) is 15.3 Å². The van der Waals surface area contributed by atoms with Crippen molar-refractivity contribution in [3.8, 4) is 0 Å². The van der Waals surface area contributed by atoms with E-state index in [1.807, 2.05) is 17.8 Å². The summed E-state index contributed by atoms with van der Waals surface area (Å²) < 4.78 is 0. The summed E-state index contributed by atoms with van der Waals surface area (Å²) in [5.74, 6) is 2.44. The van der Waals surface area contributed by atoms with E-state index in [0.29, 0.717) is 6.04 Å². The van der Waals surface area contributed by atoms with Gasteiger partial charge in [-0.05, 0) is 23.8 Å². The molecule has 0 atom stereocenters. The zero-order chi connectivity index (χ0) is 13.0. The first-order chi connectivity index (χ1) is 8.66. The highest BCUT2D eigenvalue weighted by atomic mass is 35.5. The van der Waals surface area contributed by atoms with E-state index in [9.17, 15) is 0 Å². The predicted molar refractivity (Wildman–Crippen MR) is 83.0 cm³/mol. The van der Waals surface area contributed by atoms with E-state index in [-0.39, 0.29) is 0 Å². The Hall–Kier alpha value is -0.380. The molecule has 0 radical (unpaired) electrons. The molecule has 1 heterocycles. The first-order valence-corrected chi connectivity index (χ1v) is 8.04. The summed E-state index contributed by atoms with van der Waals surface area (Å²) in [6.07, 6.45) is 0. The van der Waals surface area contributed by atoms with Crippen LogP contribution in [0.3, 0.4) is 0 Å². The Morgan fingerprint density at radius 2 is 2.06 bits per heavy atom. The molecule has 1 fully saturated rings. The number of rotatable bonds is 4. The van der Waals surface area contributed by atoms with Gasteiger partial charge in [0.15, 0.2) is 0 Å². The van der Waals surface area contributed by atoms with Gasteiger partial charge in [-0.15, -0.1) is 0 Å². The number of thioether (sulfide) groups is 1. The van der Waals surface area contributed by atoms with Crippen molar-refractivity contribution in [1.82, 2.24) is 5.32 Å². The van der Waals surface area contributed by atoms with E-state index in [2.05, 4.69) is 36.2 Å². The predicted octanol–water partition coefficient (Wildman–Crippen LogP) is 3.39. The number of hydrogen-bond acceptors (Lipinski definition) is 3. The van der Waals surface area contributed by atoms with Gasteiger partial charge < -0.3 is 10.2 Å². The average Bonchev–Trinajstić information content (AvgIpc) is 2.37. The second-order valence-electron chi connectivity index (χ2n) is 4.91. The molecule has 0 amide bonds. The Morgan fingerprint density at radius 3 is 2.72 bits per heavy atom. The third kappa shape index (κ3) is 3.81. The van der Waals surface area contributed by atoms with Crippen LogP contribution in [0.4, 0.5) is 5.69 Å². The largest absolute Gasteiger partial charge is 0.370 e. The first kappa shape index (κ1) is 14.0. The van der Waals surface area contributed by atoms with Crippen molar-refractivity contribution in [1.29, 1.82) is 0 Å². The summed E-state index contributed by atoms with van der Waals surface area (Å²) in [5.41, 5.74) is 2.65. The lowest BCUT2D eigenvalue weighted by atomic mass is 10.1. The van der Waals surface area contributed by atoms with E-state index in [0.717, 1.165) is 24.7 Å². The van der Waals surface area contributed by atoms with Gasteiger partial charge >= 0.3 is 0 Å². The molecule has 0 unspecified atom stereocenters. The normalized spacial score (nSPS) is 16.3. The Kier molecular flexibility index (Phi) is 5.22. The molecule has 0 saturated carbocycles. The first-order valence-electron chi connectivity index (χ1n) is 6.51. The molecule has 1 aromatic rings. The fourth-order valence-corrected chi connectivity index (χ4v) is 3.22. The Labute approximate surface area is 119 Å². The van der Waals surface area contributed by atoms with E-state index in [4.69, 9.17) is 11.6 Å². The van der Waals surface area contributed by atoms with Crippen LogP contribution in [0, 0.1) is 0 Å². The summed E-state index contributed by atoms with van der Waals surface area (Å²) in [5, 5.41) is 4.30. The second-order valence-corrected chi connectivity index (χ2v) is 6.57. The lowest BCUT2D eigenvalue weighted by molar-refractivity contribution is 0.588. The van der Waals surface area contributed by atoms with E-state index >= 15 is 0 Å². The molecule has 0 spiro atoms. The summed E-state index contributed by atoms with van der Waals surface area (Å²) in [6, 6.07) is 6.75. The van der Waals surface area contributed by atoms with Crippen LogP contribution in [0.25, 0.3) is 0 Å². The average molecular weight is 285 g/mol. The minimum atomic E-state index is 0.494. The zero-order valence-electron chi connectivity index (χ0n) is 11.1. The van der Waals surface area contributed by atoms with Gasteiger partial charge in [0.25, 0.3) is 0 Å². The smallest absolute Gasteiger partial charge is 0.0413 e. The van der Waals surface area contributed by atoms with Crippen LogP contribution < -0.4 is 10.2 Å². The minimum absolute atomic E-state index is 0.494. The molecule has 1 aliphatic heterocycles. The highest BCUT2D eigenvalue weighted by Crippen LogP contribution is 2.26. The van der Waals surface area contributed by atoms with Crippen LogP contribution in [0.5, 0.6) is 0 Å². The summed E-state index contributed by atoms with van der Waals surface area (Å²) in [6.45, 7) is 7.50. The molecule has 0 bridgehead atoms. The van der Waals surface area contributed by atoms with Crippen molar-refractivity contribution < 1.29 is 0 Å². The quantitative estimate of drug-likeness (QED) is 0.912. The molecule has 1 aromatic carbocycles. The number of nitrogens with one attached hydrogen (secondary N) is 1. The van der Waals surface area contributed by atoms with Crippen LogP contribution >= 0.6 is 23.4 Å². The van der Waals surface area contributed by atoms with Crippen LogP contribution in [0.15, 0.2) is 18.2 Å². The maximum absolute atomic E-state index is 6.12. The third-order valence-corrected chi connectivity index (χ3v) is 4.27. The number of anilines is 1. The van der Waals surface area contributed by atoms with Crippen molar-refractivity contribution in [3.05, 3.63) is 28.8 Å². The van der Waals surface area contributed by atoms with Gasteiger partial charge in [-0.3, -0.25) is 0 Å². The van der Waals surface area contributed by atoms with E-state index in [1.54, 1.807) is 0 Å². The Balaban J connectivity index is 2.16. The maximum atomic E-state index is 6.12. The van der Waals surface area contributed by atoms with Gasteiger partial charge in [-0.1, -0.05) is 25.4 Å². The highest BCUT2D eigenvalue weighted by Gasteiger charge is 2.14. The van der Waals surface area contributed by atoms with Crippen molar-refractivity contribution in [2.75, 3.05) is 29.5 Å². The second kappa shape index (κ2) is 6.69. The molecule has 0 aliphatic carbocycles. The molecule has 0 aromatic heterocycles. The summed E-state index contributed by atoms with van der Waals surface area (Å²) in [7, 11) is 0. The minimum Gasteiger partial charge on any atom is -0.370 e. The van der Waals surface area contributed by atoms with Crippen LogP contribution in [-0.2, 0) is 6.54 Å². The number of benzene rings is 1. The highest BCUT2D eigenvalue weighted by molar-refractivity contribution is 7.99. The standard InChI is InChI=1S/C14H21ClN2S/c1-11(2)16-10-12-9-13(15)3-4-14(12)17-5-7-18-8-6-17/h3-4,9,11,16H,5-8,10H2,1-2H3. The number of halogens is 1. The van der Waals surface area contributed by atoms with Crippen molar-refractivity contribution in [2.24, 2.45) is 0 Å². The number of nitrogens with zero attached hydrogens (tertiary/aromatic N) is 1. The van der Waals surface area contributed by atoms with Crippen LogP contribution in [0.1, 0.15) is 19.4 Å². The summed E-state index contributed by atoms with van der Waals surface area (Å²) >= 11 is 8.16. The van der Waals surface area contributed by atoms with Gasteiger partial charge in [0.2, 0.25) is 0 Å². The molecular weight excluding hydrogens is 264 g/mol. The fourth-order valence-electron chi connectivity index (χ4n) is 2.12. The zero-order valence-corrected chi connectivity index (χ0v) is 12.7. The molecule has 100 valence electrons. The molecule has 2 rings (SSSR count). The molecular formula is C14H21ClN2S. The van der Waals surface area contributed by atoms with E-state index in [1.165, 1.54) is 22.8 Å². The maximum Gasteiger partial charge on any atom is 0.0413 e. The van der Waals surface area contributed by atoms with Gasteiger partial charge in [0.1, 0.15) is 0 Å². The molecule has 1 N–H and O–H groups in total.